The van der Waals surface area contributed by atoms with Crippen LogP contribution < -0.4 is 10.2 Å². The van der Waals surface area contributed by atoms with E-state index >= 15 is 0 Å². The molecule has 1 aliphatic rings. The molecule has 1 heterocycles. The molecule has 0 bridgehead atoms. The third-order valence-corrected chi connectivity index (χ3v) is 3.07. The lowest BCUT2D eigenvalue weighted by atomic mass is 10.2. The monoisotopic (exact) mass is 258 g/mol. The zero-order valence-electron chi connectivity index (χ0n) is 10.5. The maximum Gasteiger partial charge on any atom is 0.182 e. The fourth-order valence-corrected chi connectivity index (χ4v) is 2.36. The van der Waals surface area contributed by atoms with Gasteiger partial charge in [-0.05, 0) is 6.42 Å². The van der Waals surface area contributed by atoms with Crippen molar-refractivity contribution >= 4 is 5.69 Å². The number of benzene rings is 1. The molecule has 1 unspecified atom stereocenters. The molecule has 1 aliphatic heterocycles. The van der Waals surface area contributed by atoms with Crippen LogP contribution in [-0.4, -0.2) is 25.2 Å². The lowest BCUT2D eigenvalue weighted by Crippen LogP contribution is -2.37. The molecule has 1 N–H and O–H groups in total. The van der Waals surface area contributed by atoms with Crippen molar-refractivity contribution < 1.29 is 13.2 Å². The first-order valence-corrected chi connectivity index (χ1v) is 6.13. The van der Waals surface area contributed by atoms with Gasteiger partial charge in [0, 0.05) is 37.3 Å². The Hall–Kier alpha value is -1.23. The minimum absolute atomic E-state index is 0.0144. The summed E-state index contributed by atoms with van der Waals surface area (Å²) in [5.41, 5.74) is 0.0144. The van der Waals surface area contributed by atoms with Crippen molar-refractivity contribution in [3.8, 4) is 0 Å². The summed E-state index contributed by atoms with van der Waals surface area (Å²) < 4.78 is 39.9. The molecule has 1 fully saturated rings. The topological polar surface area (TPSA) is 15.3 Å². The van der Waals surface area contributed by atoms with E-state index in [4.69, 9.17) is 0 Å². The molecule has 5 heteroatoms. The molecule has 2 nitrogen and oxygen atoms in total. The molecule has 0 amide bonds. The number of anilines is 1. The van der Waals surface area contributed by atoms with E-state index in [9.17, 15) is 13.2 Å². The zero-order valence-corrected chi connectivity index (χ0v) is 10.5. The van der Waals surface area contributed by atoms with Crippen LogP contribution in [0.2, 0.25) is 0 Å². The van der Waals surface area contributed by atoms with Gasteiger partial charge in [-0.3, -0.25) is 0 Å². The van der Waals surface area contributed by atoms with E-state index in [2.05, 4.69) is 5.32 Å². The van der Waals surface area contributed by atoms with Crippen molar-refractivity contribution in [2.24, 2.45) is 0 Å². The van der Waals surface area contributed by atoms with Crippen LogP contribution >= 0.6 is 0 Å². The second-order valence-electron chi connectivity index (χ2n) is 4.97. The number of nitrogens with zero attached hydrogens (tertiary/aromatic N) is 1. The molecular weight excluding hydrogens is 241 g/mol. The van der Waals surface area contributed by atoms with E-state index in [1.165, 1.54) is 0 Å². The Bertz CT molecular complexity index is 434. The van der Waals surface area contributed by atoms with Crippen LogP contribution in [0.1, 0.15) is 20.3 Å². The van der Waals surface area contributed by atoms with Crippen LogP contribution in [0.5, 0.6) is 0 Å². The van der Waals surface area contributed by atoms with Crippen molar-refractivity contribution in [1.29, 1.82) is 0 Å². The van der Waals surface area contributed by atoms with Crippen LogP contribution in [0.15, 0.2) is 12.1 Å². The summed E-state index contributed by atoms with van der Waals surface area (Å²) in [6.45, 7) is 5.23. The van der Waals surface area contributed by atoms with Crippen molar-refractivity contribution in [2.75, 3.05) is 18.0 Å². The Morgan fingerprint density at radius 1 is 1.28 bits per heavy atom. The average molecular weight is 258 g/mol. The summed E-state index contributed by atoms with van der Waals surface area (Å²) in [6, 6.07) is 2.19. The first kappa shape index (κ1) is 13.2. The lowest BCUT2D eigenvalue weighted by molar-refractivity contribution is 0.486. The SMILES string of the molecule is CC(C)NC1CCN(c2cc(F)cc(F)c2F)C1. The van der Waals surface area contributed by atoms with E-state index in [1.54, 1.807) is 4.90 Å². The molecule has 1 aromatic rings. The number of nitrogens with one attached hydrogen (secondary N) is 1. The van der Waals surface area contributed by atoms with Gasteiger partial charge < -0.3 is 10.2 Å². The van der Waals surface area contributed by atoms with Gasteiger partial charge in [0.25, 0.3) is 0 Å². The van der Waals surface area contributed by atoms with Gasteiger partial charge in [0.2, 0.25) is 0 Å². The molecule has 0 aromatic heterocycles. The summed E-state index contributed by atoms with van der Waals surface area (Å²) in [4.78, 5) is 1.68. The number of hydrogen-bond acceptors (Lipinski definition) is 2. The molecule has 2 rings (SSSR count). The summed E-state index contributed by atoms with van der Waals surface area (Å²) in [5, 5.41) is 3.34. The second kappa shape index (κ2) is 5.18. The van der Waals surface area contributed by atoms with Crippen molar-refractivity contribution in [3.63, 3.8) is 0 Å². The Morgan fingerprint density at radius 2 is 2.00 bits per heavy atom. The van der Waals surface area contributed by atoms with Crippen molar-refractivity contribution in [2.45, 2.75) is 32.4 Å². The molecule has 100 valence electrons. The third kappa shape index (κ3) is 2.77. The van der Waals surface area contributed by atoms with Gasteiger partial charge in [0.15, 0.2) is 11.6 Å². The van der Waals surface area contributed by atoms with Gasteiger partial charge >= 0.3 is 0 Å². The average Bonchev–Trinajstić information content (AvgIpc) is 2.70. The Labute approximate surface area is 105 Å². The third-order valence-electron chi connectivity index (χ3n) is 3.07. The predicted octanol–water partition coefficient (Wildman–Crippen LogP) is 2.68. The van der Waals surface area contributed by atoms with Crippen LogP contribution in [0, 0.1) is 17.5 Å². The van der Waals surface area contributed by atoms with Gasteiger partial charge in [-0.1, -0.05) is 13.8 Å². The fraction of sp³-hybridized carbons (Fsp3) is 0.538. The first-order chi connectivity index (χ1) is 8.47. The number of rotatable bonds is 3. The van der Waals surface area contributed by atoms with E-state index in [-0.39, 0.29) is 11.7 Å². The summed E-state index contributed by atoms with van der Waals surface area (Å²) >= 11 is 0. The highest BCUT2D eigenvalue weighted by Crippen LogP contribution is 2.26. The van der Waals surface area contributed by atoms with E-state index in [0.29, 0.717) is 25.2 Å². The van der Waals surface area contributed by atoms with Crippen LogP contribution in [0.25, 0.3) is 0 Å². The summed E-state index contributed by atoms with van der Waals surface area (Å²) in [5.74, 6) is -2.85. The van der Waals surface area contributed by atoms with Gasteiger partial charge in [0.1, 0.15) is 5.82 Å². The molecule has 0 radical (unpaired) electrons. The first-order valence-electron chi connectivity index (χ1n) is 6.13. The number of hydrogen-bond donors (Lipinski definition) is 1. The quantitative estimate of drug-likeness (QED) is 0.839. The molecule has 1 saturated heterocycles. The van der Waals surface area contributed by atoms with E-state index < -0.39 is 17.5 Å². The smallest absolute Gasteiger partial charge is 0.182 e. The minimum atomic E-state index is -1.13. The van der Waals surface area contributed by atoms with E-state index in [0.717, 1.165) is 12.5 Å². The zero-order chi connectivity index (χ0) is 13.3. The number of halogens is 3. The standard InChI is InChI=1S/C13H17F3N2/c1-8(2)17-10-3-4-18(7-10)12-6-9(14)5-11(15)13(12)16/h5-6,8,10,17H,3-4,7H2,1-2H3. The second-order valence-corrected chi connectivity index (χ2v) is 4.97. The molecule has 0 spiro atoms. The molecule has 0 saturated carbocycles. The van der Waals surface area contributed by atoms with Crippen LogP contribution in [-0.2, 0) is 0 Å². The fourth-order valence-electron chi connectivity index (χ4n) is 2.36. The normalized spacial score (nSPS) is 19.9. The van der Waals surface area contributed by atoms with Gasteiger partial charge in [-0.15, -0.1) is 0 Å². The van der Waals surface area contributed by atoms with Crippen molar-refractivity contribution in [3.05, 3.63) is 29.6 Å². The molecule has 1 aromatic carbocycles. The lowest BCUT2D eigenvalue weighted by Gasteiger charge is -2.21. The van der Waals surface area contributed by atoms with Crippen molar-refractivity contribution in [1.82, 2.24) is 5.32 Å². The highest BCUT2D eigenvalue weighted by molar-refractivity contribution is 5.49. The molecule has 0 aliphatic carbocycles. The van der Waals surface area contributed by atoms with E-state index in [1.807, 2.05) is 13.8 Å². The van der Waals surface area contributed by atoms with Gasteiger partial charge in [-0.25, -0.2) is 13.2 Å². The van der Waals surface area contributed by atoms with Crippen LogP contribution in [0.3, 0.4) is 0 Å². The maximum atomic E-state index is 13.6. The summed E-state index contributed by atoms with van der Waals surface area (Å²) in [7, 11) is 0. The Kier molecular flexibility index (Phi) is 3.80. The predicted molar refractivity (Wildman–Crippen MR) is 65.2 cm³/mol. The maximum absolute atomic E-state index is 13.6. The highest BCUT2D eigenvalue weighted by Gasteiger charge is 2.26. The van der Waals surface area contributed by atoms with Gasteiger partial charge in [-0.2, -0.15) is 0 Å². The van der Waals surface area contributed by atoms with Gasteiger partial charge in [0.05, 0.1) is 5.69 Å². The van der Waals surface area contributed by atoms with Crippen LogP contribution in [0.4, 0.5) is 18.9 Å². The minimum Gasteiger partial charge on any atom is -0.367 e. The molecular formula is C13H17F3N2. The largest absolute Gasteiger partial charge is 0.367 e. The highest BCUT2D eigenvalue weighted by atomic mass is 19.2. The summed E-state index contributed by atoms with van der Waals surface area (Å²) in [6.07, 6.45) is 0.843. The molecule has 1 atom stereocenters. The molecule has 18 heavy (non-hydrogen) atoms. The Balaban J connectivity index is 2.14. The Morgan fingerprint density at radius 3 is 2.67 bits per heavy atom.